The van der Waals surface area contributed by atoms with Crippen molar-refractivity contribution in [3.05, 3.63) is 11.1 Å². The smallest absolute Gasteiger partial charge is 0.192 e. The quantitative estimate of drug-likeness (QED) is 0.689. The van der Waals surface area contributed by atoms with Gasteiger partial charge in [-0.2, -0.15) is 0 Å². The van der Waals surface area contributed by atoms with Crippen molar-refractivity contribution < 1.29 is 9.22 Å². The molecule has 2 atom stereocenters. The molecule has 0 amide bonds. The minimum Gasteiger partial charge on any atom is -0.410 e. The molecule has 0 spiro atoms. The van der Waals surface area contributed by atoms with Crippen LogP contribution in [0.1, 0.15) is 54.4 Å². The monoisotopic (exact) mass is 294 g/mol. The second-order valence-electron chi connectivity index (χ2n) is 8.86. The molecule has 0 saturated heterocycles. The average Bonchev–Trinajstić information content (AvgIpc) is 2.61. The Hall–Kier alpha value is -0.413. The van der Waals surface area contributed by atoms with Crippen LogP contribution in [0, 0.1) is 11.3 Å². The topological polar surface area (TPSA) is 26.3 Å². The largest absolute Gasteiger partial charge is 0.410 e. The lowest BCUT2D eigenvalue weighted by Gasteiger charge is -2.42. The first-order valence-corrected chi connectivity index (χ1v) is 10.7. The molecule has 0 unspecified atom stereocenters. The van der Waals surface area contributed by atoms with Gasteiger partial charge in [-0.25, -0.2) is 0 Å². The molecular weight excluding hydrogens is 264 g/mol. The summed E-state index contributed by atoms with van der Waals surface area (Å²) >= 11 is 0. The van der Waals surface area contributed by atoms with Crippen molar-refractivity contribution in [3.8, 4) is 0 Å². The SMILES string of the molecule is CC1=C2[C@H](CC1=O)CC(C)(C)[C@H]2O[Si](C)(C)C(C)(C)C. The standard InChI is InChI=1S/C17H30O2Si/c1-11-13(18)9-12-10-17(5,6)15(14(11)12)19-20(7,8)16(2,3)4/h12,15H,9-10H2,1-8H3/t12-,15+/m1/s1. The van der Waals surface area contributed by atoms with Crippen LogP contribution in [0.15, 0.2) is 11.1 Å². The lowest BCUT2D eigenvalue weighted by atomic mass is 9.86. The molecule has 2 rings (SSSR count). The third kappa shape index (κ3) is 2.43. The third-order valence-electron chi connectivity index (χ3n) is 5.71. The molecule has 1 saturated carbocycles. The van der Waals surface area contributed by atoms with E-state index in [0.717, 1.165) is 12.0 Å². The number of Topliss-reactive ketones (excluding diaryl/α,β-unsaturated/α-hetero) is 1. The number of hydrogen-bond donors (Lipinski definition) is 0. The maximum Gasteiger partial charge on any atom is 0.192 e. The molecule has 0 aromatic heterocycles. The Bertz CT molecular complexity index is 466. The van der Waals surface area contributed by atoms with Crippen LogP contribution in [-0.4, -0.2) is 20.2 Å². The number of fused-ring (bicyclic) bond motifs is 1. The Kier molecular flexibility index (Phi) is 3.62. The molecule has 2 aliphatic carbocycles. The van der Waals surface area contributed by atoms with Crippen LogP contribution < -0.4 is 0 Å². The summed E-state index contributed by atoms with van der Waals surface area (Å²) in [6.45, 7) is 18.0. The first-order chi connectivity index (χ1) is 8.87. The van der Waals surface area contributed by atoms with Crippen molar-refractivity contribution in [2.45, 2.75) is 78.6 Å². The van der Waals surface area contributed by atoms with E-state index in [2.05, 4.69) is 47.7 Å². The van der Waals surface area contributed by atoms with Gasteiger partial charge in [-0.3, -0.25) is 4.79 Å². The zero-order chi connectivity index (χ0) is 15.5. The Morgan fingerprint density at radius 1 is 1.25 bits per heavy atom. The van der Waals surface area contributed by atoms with Gasteiger partial charge < -0.3 is 4.43 Å². The summed E-state index contributed by atoms with van der Waals surface area (Å²) in [5.74, 6) is 0.775. The fraction of sp³-hybridized carbons (Fsp3) is 0.824. The lowest BCUT2D eigenvalue weighted by Crippen LogP contribution is -2.47. The van der Waals surface area contributed by atoms with Crippen LogP contribution in [0.4, 0.5) is 0 Å². The molecular formula is C17H30O2Si. The maximum absolute atomic E-state index is 12.0. The first kappa shape index (κ1) is 16.0. The van der Waals surface area contributed by atoms with E-state index < -0.39 is 8.32 Å². The van der Waals surface area contributed by atoms with Crippen LogP contribution in [0.2, 0.25) is 18.1 Å². The van der Waals surface area contributed by atoms with Crippen LogP contribution >= 0.6 is 0 Å². The Balaban J connectivity index is 2.37. The van der Waals surface area contributed by atoms with E-state index >= 15 is 0 Å². The molecule has 0 N–H and O–H groups in total. The average molecular weight is 295 g/mol. The third-order valence-corrected chi connectivity index (χ3v) is 10.1. The number of ketones is 1. The van der Waals surface area contributed by atoms with Crippen molar-refractivity contribution in [2.24, 2.45) is 11.3 Å². The van der Waals surface area contributed by atoms with E-state index in [0.29, 0.717) is 18.1 Å². The van der Waals surface area contributed by atoms with E-state index in [9.17, 15) is 4.79 Å². The Morgan fingerprint density at radius 2 is 1.80 bits per heavy atom. The molecule has 0 aromatic carbocycles. The minimum absolute atomic E-state index is 0.139. The molecule has 2 aliphatic rings. The van der Waals surface area contributed by atoms with Crippen LogP contribution in [0.3, 0.4) is 0 Å². The van der Waals surface area contributed by atoms with Gasteiger partial charge in [-0.05, 0) is 54.0 Å². The highest BCUT2D eigenvalue weighted by atomic mass is 28.4. The summed E-state index contributed by atoms with van der Waals surface area (Å²) in [7, 11) is -1.82. The summed E-state index contributed by atoms with van der Waals surface area (Å²) in [6, 6.07) is 0. The predicted octanol–water partition coefficient (Wildman–Crippen LogP) is 4.71. The van der Waals surface area contributed by atoms with Crippen molar-refractivity contribution in [3.63, 3.8) is 0 Å². The van der Waals surface area contributed by atoms with Crippen LogP contribution in [0.25, 0.3) is 0 Å². The molecule has 0 heterocycles. The van der Waals surface area contributed by atoms with E-state index in [1.165, 1.54) is 5.57 Å². The number of carbonyl (C=O) groups excluding carboxylic acids is 1. The Morgan fingerprint density at radius 3 is 2.30 bits per heavy atom. The van der Waals surface area contributed by atoms with Crippen molar-refractivity contribution >= 4 is 14.1 Å². The van der Waals surface area contributed by atoms with Gasteiger partial charge >= 0.3 is 0 Å². The summed E-state index contributed by atoms with van der Waals surface area (Å²) in [5, 5.41) is 0.207. The van der Waals surface area contributed by atoms with E-state index in [4.69, 9.17) is 4.43 Å². The zero-order valence-corrected chi connectivity index (χ0v) is 15.4. The van der Waals surface area contributed by atoms with Gasteiger partial charge in [0.15, 0.2) is 14.1 Å². The van der Waals surface area contributed by atoms with Gasteiger partial charge in [0.1, 0.15) is 0 Å². The van der Waals surface area contributed by atoms with Gasteiger partial charge in [-0.1, -0.05) is 34.6 Å². The van der Waals surface area contributed by atoms with Gasteiger partial charge in [0.25, 0.3) is 0 Å². The van der Waals surface area contributed by atoms with Crippen molar-refractivity contribution in [1.29, 1.82) is 0 Å². The lowest BCUT2D eigenvalue weighted by molar-refractivity contribution is -0.115. The zero-order valence-electron chi connectivity index (χ0n) is 14.4. The normalized spacial score (nSPS) is 30.1. The molecule has 114 valence electrons. The summed E-state index contributed by atoms with van der Waals surface area (Å²) in [6.07, 6.45) is 1.94. The molecule has 0 aromatic rings. The van der Waals surface area contributed by atoms with Gasteiger partial charge in [0.05, 0.1) is 6.10 Å². The van der Waals surface area contributed by atoms with Crippen LogP contribution in [0.5, 0.6) is 0 Å². The Labute approximate surface area is 125 Å². The summed E-state index contributed by atoms with van der Waals surface area (Å²) < 4.78 is 6.74. The molecule has 0 aliphatic heterocycles. The molecule has 1 fully saturated rings. The highest BCUT2D eigenvalue weighted by molar-refractivity contribution is 6.74. The van der Waals surface area contributed by atoms with E-state index in [1.807, 2.05) is 6.92 Å². The molecule has 0 radical (unpaired) electrons. The minimum atomic E-state index is -1.82. The van der Waals surface area contributed by atoms with E-state index in [-0.39, 0.29) is 16.6 Å². The number of hydrogen-bond acceptors (Lipinski definition) is 2. The summed E-state index contributed by atoms with van der Waals surface area (Å²) in [5.41, 5.74) is 2.46. The van der Waals surface area contributed by atoms with Crippen molar-refractivity contribution in [2.75, 3.05) is 0 Å². The number of carbonyl (C=O) groups is 1. The van der Waals surface area contributed by atoms with Crippen LogP contribution in [-0.2, 0) is 9.22 Å². The van der Waals surface area contributed by atoms with Gasteiger partial charge in [0, 0.05) is 6.42 Å². The molecule has 2 nitrogen and oxygen atoms in total. The fourth-order valence-corrected chi connectivity index (χ4v) is 4.79. The highest BCUT2D eigenvalue weighted by Crippen LogP contribution is 2.54. The molecule has 3 heteroatoms. The first-order valence-electron chi connectivity index (χ1n) is 7.78. The second-order valence-corrected chi connectivity index (χ2v) is 13.6. The number of rotatable bonds is 2. The molecule has 0 bridgehead atoms. The maximum atomic E-state index is 12.0. The summed E-state index contributed by atoms with van der Waals surface area (Å²) in [4.78, 5) is 12.0. The highest BCUT2D eigenvalue weighted by Gasteiger charge is 2.52. The second kappa shape index (κ2) is 4.54. The number of allylic oxidation sites excluding steroid dienone is 1. The fourth-order valence-electron chi connectivity index (χ4n) is 3.40. The predicted molar refractivity (Wildman–Crippen MR) is 86.3 cm³/mol. The molecule has 20 heavy (non-hydrogen) atoms. The van der Waals surface area contributed by atoms with E-state index in [1.54, 1.807) is 0 Å². The van der Waals surface area contributed by atoms with Gasteiger partial charge in [0.2, 0.25) is 0 Å². The van der Waals surface area contributed by atoms with Crippen molar-refractivity contribution in [1.82, 2.24) is 0 Å². The van der Waals surface area contributed by atoms with Gasteiger partial charge in [-0.15, -0.1) is 0 Å².